The minimum absolute atomic E-state index is 0.0741. The molecule has 2 aromatic rings. The molecule has 1 aliphatic heterocycles. The molecule has 148 valence electrons. The Kier molecular flexibility index (Phi) is 6.47. The molecule has 7 nitrogen and oxygen atoms in total. The van der Waals surface area contributed by atoms with Gasteiger partial charge in [0.2, 0.25) is 5.91 Å². The molecular weight excluding hydrogens is 358 g/mol. The number of hydrogen-bond donors (Lipinski definition) is 1. The van der Waals surface area contributed by atoms with Crippen molar-refractivity contribution in [3.8, 4) is 11.5 Å². The Bertz CT molecular complexity index is 823. The van der Waals surface area contributed by atoms with Crippen LogP contribution in [0.25, 0.3) is 0 Å². The van der Waals surface area contributed by atoms with Gasteiger partial charge in [-0.25, -0.2) is 0 Å². The van der Waals surface area contributed by atoms with Crippen molar-refractivity contribution >= 4 is 11.8 Å². The third kappa shape index (κ3) is 5.22. The molecule has 0 bridgehead atoms. The number of primary amides is 1. The SMILES string of the molecule is CCOc1ccc(CC(=O)N2CCCC(Oc3ccnc(C(N)=O)c3)C2)cc1. The van der Waals surface area contributed by atoms with Crippen molar-refractivity contribution in [3.63, 3.8) is 0 Å². The predicted molar refractivity (Wildman–Crippen MR) is 104 cm³/mol. The third-order valence-corrected chi connectivity index (χ3v) is 4.61. The average molecular weight is 383 g/mol. The van der Waals surface area contributed by atoms with Crippen molar-refractivity contribution in [1.82, 2.24) is 9.88 Å². The van der Waals surface area contributed by atoms with Crippen molar-refractivity contribution in [3.05, 3.63) is 53.9 Å². The summed E-state index contributed by atoms with van der Waals surface area (Å²) in [7, 11) is 0. The summed E-state index contributed by atoms with van der Waals surface area (Å²) in [6.45, 7) is 3.79. The molecule has 0 radical (unpaired) electrons. The van der Waals surface area contributed by atoms with E-state index in [4.69, 9.17) is 15.2 Å². The lowest BCUT2D eigenvalue weighted by Gasteiger charge is -2.33. The van der Waals surface area contributed by atoms with Gasteiger partial charge in [0.15, 0.2) is 0 Å². The molecule has 1 aliphatic rings. The molecule has 2 heterocycles. The molecule has 1 fully saturated rings. The van der Waals surface area contributed by atoms with Gasteiger partial charge in [0.1, 0.15) is 23.3 Å². The van der Waals surface area contributed by atoms with E-state index in [-0.39, 0.29) is 17.7 Å². The van der Waals surface area contributed by atoms with E-state index in [0.717, 1.165) is 30.7 Å². The highest BCUT2D eigenvalue weighted by Gasteiger charge is 2.25. The summed E-state index contributed by atoms with van der Waals surface area (Å²) >= 11 is 0. The van der Waals surface area contributed by atoms with Crippen molar-refractivity contribution < 1.29 is 19.1 Å². The Labute approximate surface area is 164 Å². The highest BCUT2D eigenvalue weighted by Crippen LogP contribution is 2.20. The Morgan fingerprint density at radius 1 is 1.21 bits per heavy atom. The molecule has 1 aromatic heterocycles. The summed E-state index contributed by atoms with van der Waals surface area (Å²) in [5, 5.41) is 0. The second-order valence-corrected chi connectivity index (χ2v) is 6.72. The largest absolute Gasteiger partial charge is 0.494 e. The lowest BCUT2D eigenvalue weighted by atomic mass is 10.1. The number of carbonyl (C=O) groups is 2. The number of benzene rings is 1. The zero-order valence-electron chi connectivity index (χ0n) is 16.0. The fourth-order valence-corrected chi connectivity index (χ4v) is 3.23. The standard InChI is InChI=1S/C21H25N3O4/c1-2-27-16-7-5-15(6-8-16)12-20(25)24-11-3-4-18(14-24)28-17-9-10-23-19(13-17)21(22)26/h5-10,13,18H,2-4,11-12,14H2,1H3,(H2,22,26). The van der Waals surface area contributed by atoms with E-state index in [1.807, 2.05) is 36.1 Å². The highest BCUT2D eigenvalue weighted by molar-refractivity contribution is 5.91. The van der Waals surface area contributed by atoms with E-state index in [0.29, 0.717) is 25.3 Å². The van der Waals surface area contributed by atoms with Gasteiger partial charge in [-0.3, -0.25) is 14.6 Å². The number of likely N-dealkylation sites (tertiary alicyclic amines) is 1. The Morgan fingerprint density at radius 3 is 2.71 bits per heavy atom. The minimum atomic E-state index is -0.596. The molecular formula is C21H25N3O4. The summed E-state index contributed by atoms with van der Waals surface area (Å²) in [4.78, 5) is 29.7. The fourth-order valence-electron chi connectivity index (χ4n) is 3.23. The molecule has 1 saturated heterocycles. The maximum absolute atomic E-state index is 12.7. The number of nitrogens with two attached hydrogens (primary N) is 1. The first-order valence-corrected chi connectivity index (χ1v) is 9.47. The maximum atomic E-state index is 12.7. The minimum Gasteiger partial charge on any atom is -0.494 e. The first-order chi connectivity index (χ1) is 13.5. The number of hydrogen-bond acceptors (Lipinski definition) is 5. The number of ether oxygens (including phenoxy) is 2. The predicted octanol–water partition coefficient (Wildman–Crippen LogP) is 2.19. The molecule has 28 heavy (non-hydrogen) atoms. The molecule has 2 amide bonds. The van der Waals surface area contributed by atoms with Crippen molar-refractivity contribution in [2.24, 2.45) is 5.73 Å². The van der Waals surface area contributed by atoms with Gasteiger partial charge in [-0.2, -0.15) is 0 Å². The van der Waals surface area contributed by atoms with Gasteiger partial charge in [0.05, 0.1) is 19.6 Å². The van der Waals surface area contributed by atoms with Crippen LogP contribution in [0.5, 0.6) is 11.5 Å². The molecule has 0 saturated carbocycles. The van der Waals surface area contributed by atoms with Crippen LogP contribution in [0.3, 0.4) is 0 Å². The van der Waals surface area contributed by atoms with Crippen LogP contribution in [0, 0.1) is 0 Å². The number of nitrogens with zero attached hydrogens (tertiary/aromatic N) is 2. The zero-order chi connectivity index (χ0) is 19.9. The van der Waals surface area contributed by atoms with E-state index >= 15 is 0 Å². The van der Waals surface area contributed by atoms with Crippen molar-refractivity contribution in [2.75, 3.05) is 19.7 Å². The number of rotatable bonds is 7. The van der Waals surface area contributed by atoms with Crippen LogP contribution in [0.4, 0.5) is 0 Å². The molecule has 7 heteroatoms. The lowest BCUT2D eigenvalue weighted by molar-refractivity contribution is -0.133. The van der Waals surface area contributed by atoms with Crippen LogP contribution >= 0.6 is 0 Å². The average Bonchev–Trinajstić information content (AvgIpc) is 2.70. The van der Waals surface area contributed by atoms with E-state index in [9.17, 15) is 9.59 Å². The zero-order valence-corrected chi connectivity index (χ0v) is 16.0. The van der Waals surface area contributed by atoms with Gasteiger partial charge in [0, 0.05) is 18.8 Å². The normalized spacial score (nSPS) is 16.5. The second kappa shape index (κ2) is 9.21. The summed E-state index contributed by atoms with van der Waals surface area (Å²) in [5.41, 5.74) is 6.38. The topological polar surface area (TPSA) is 94.8 Å². The first kappa shape index (κ1) is 19.7. The lowest BCUT2D eigenvalue weighted by Crippen LogP contribution is -2.45. The van der Waals surface area contributed by atoms with Crippen LogP contribution < -0.4 is 15.2 Å². The monoisotopic (exact) mass is 383 g/mol. The Hall–Kier alpha value is -3.09. The van der Waals surface area contributed by atoms with Crippen molar-refractivity contribution in [2.45, 2.75) is 32.3 Å². The number of carbonyl (C=O) groups excluding carboxylic acids is 2. The van der Waals surface area contributed by atoms with E-state index in [1.54, 1.807) is 6.07 Å². The fraction of sp³-hybridized carbons (Fsp3) is 0.381. The van der Waals surface area contributed by atoms with E-state index < -0.39 is 5.91 Å². The molecule has 1 atom stereocenters. The number of aromatic nitrogens is 1. The van der Waals surface area contributed by atoms with Gasteiger partial charge in [-0.1, -0.05) is 12.1 Å². The Balaban J connectivity index is 1.57. The van der Waals surface area contributed by atoms with Crippen LogP contribution in [0.15, 0.2) is 42.6 Å². The number of pyridine rings is 1. The number of amides is 2. The molecule has 2 N–H and O–H groups in total. The molecule has 0 spiro atoms. The van der Waals surface area contributed by atoms with Crippen molar-refractivity contribution in [1.29, 1.82) is 0 Å². The van der Waals surface area contributed by atoms with Gasteiger partial charge in [-0.15, -0.1) is 0 Å². The smallest absolute Gasteiger partial charge is 0.267 e. The number of piperidine rings is 1. The maximum Gasteiger partial charge on any atom is 0.267 e. The van der Waals surface area contributed by atoms with Crippen LogP contribution in [-0.2, 0) is 11.2 Å². The summed E-state index contributed by atoms with van der Waals surface area (Å²) in [6.07, 6.45) is 3.43. The molecule has 1 unspecified atom stereocenters. The molecule has 0 aliphatic carbocycles. The van der Waals surface area contributed by atoms with Gasteiger partial charge >= 0.3 is 0 Å². The van der Waals surface area contributed by atoms with Crippen LogP contribution in [0.2, 0.25) is 0 Å². The van der Waals surface area contributed by atoms with Crippen LogP contribution in [0.1, 0.15) is 35.8 Å². The van der Waals surface area contributed by atoms with E-state index in [1.165, 1.54) is 12.3 Å². The highest BCUT2D eigenvalue weighted by atomic mass is 16.5. The quantitative estimate of drug-likeness (QED) is 0.791. The van der Waals surface area contributed by atoms with E-state index in [2.05, 4.69) is 4.98 Å². The van der Waals surface area contributed by atoms with Gasteiger partial charge < -0.3 is 20.1 Å². The second-order valence-electron chi connectivity index (χ2n) is 6.72. The van der Waals surface area contributed by atoms with Gasteiger partial charge in [-0.05, 0) is 43.5 Å². The third-order valence-electron chi connectivity index (χ3n) is 4.61. The summed E-state index contributed by atoms with van der Waals surface area (Å²) < 4.78 is 11.4. The molecule has 1 aromatic carbocycles. The van der Waals surface area contributed by atoms with Crippen LogP contribution in [-0.4, -0.2) is 47.5 Å². The molecule has 3 rings (SSSR count). The summed E-state index contributed by atoms with van der Waals surface area (Å²) in [6, 6.07) is 10.8. The van der Waals surface area contributed by atoms with Gasteiger partial charge in [0.25, 0.3) is 5.91 Å². The summed E-state index contributed by atoms with van der Waals surface area (Å²) in [5.74, 6) is 0.818. The Morgan fingerprint density at radius 2 is 2.00 bits per heavy atom. The first-order valence-electron chi connectivity index (χ1n) is 9.47.